The molecule has 4 aromatic carbocycles. The summed E-state index contributed by atoms with van der Waals surface area (Å²) in [5, 5.41) is 47.4. The first-order valence-electron chi connectivity index (χ1n) is 18.6. The number of nitriles is 2. The first-order chi connectivity index (χ1) is 28.4. The van der Waals surface area contributed by atoms with Crippen LogP contribution in [0.4, 0.5) is 0 Å². The Balaban J connectivity index is 0.000000150. The molecular weight excluding hydrogens is 721 g/mol. The molecule has 0 amide bonds. The van der Waals surface area contributed by atoms with Gasteiger partial charge in [0.2, 0.25) is 0 Å². The molecule has 0 aliphatic carbocycles. The molecule has 2 atom stereocenters. The maximum Gasteiger partial charge on any atom is 0.177 e. The Bertz CT molecular complexity index is 3010. The highest BCUT2D eigenvalue weighted by Gasteiger charge is 2.19. The van der Waals surface area contributed by atoms with Gasteiger partial charge in [0.25, 0.3) is 0 Å². The fourth-order valence-electron chi connectivity index (χ4n) is 6.98. The average Bonchev–Trinajstić information content (AvgIpc) is 3.92. The molecule has 6 aromatic heterocycles. The molecule has 0 bridgehead atoms. The summed E-state index contributed by atoms with van der Waals surface area (Å²) in [6, 6.07) is 47.2. The predicted molar refractivity (Wildman–Crippen MR) is 220 cm³/mol. The second kappa shape index (κ2) is 15.1. The number of rotatable bonds is 6. The van der Waals surface area contributed by atoms with E-state index in [9.17, 15) is 0 Å². The van der Waals surface area contributed by atoms with E-state index in [1.807, 2.05) is 84.9 Å². The van der Waals surface area contributed by atoms with Crippen molar-refractivity contribution in [1.29, 1.82) is 10.5 Å². The first kappa shape index (κ1) is 35.5. The van der Waals surface area contributed by atoms with Gasteiger partial charge in [0.1, 0.15) is 0 Å². The second-order valence-electron chi connectivity index (χ2n) is 13.8. The molecule has 6 heterocycles. The van der Waals surface area contributed by atoms with E-state index in [0.29, 0.717) is 22.4 Å². The van der Waals surface area contributed by atoms with Gasteiger partial charge in [-0.15, -0.1) is 20.4 Å². The number of aromatic nitrogens is 10. The lowest BCUT2D eigenvalue weighted by molar-refractivity contribution is 0.753. The van der Waals surface area contributed by atoms with Gasteiger partial charge in [-0.25, -0.2) is 0 Å². The van der Waals surface area contributed by atoms with Crippen LogP contribution in [-0.4, -0.2) is 49.6 Å². The minimum Gasteiger partial charge on any atom is -0.256 e. The van der Waals surface area contributed by atoms with Gasteiger partial charge >= 0.3 is 0 Å². The number of nitrogens with zero attached hydrogens (tertiary/aromatic N) is 12. The van der Waals surface area contributed by atoms with E-state index in [4.69, 9.17) is 20.7 Å². The van der Waals surface area contributed by atoms with Crippen molar-refractivity contribution in [2.45, 2.75) is 25.7 Å². The van der Waals surface area contributed by atoms with Gasteiger partial charge in [0.15, 0.2) is 22.9 Å². The number of benzene rings is 4. The van der Waals surface area contributed by atoms with E-state index in [0.717, 1.165) is 67.1 Å². The Hall–Kier alpha value is -8.22. The molecular formula is C46H32N12. The highest BCUT2D eigenvalue weighted by atomic mass is 15.4. The molecule has 0 spiro atoms. The van der Waals surface area contributed by atoms with Gasteiger partial charge in [-0.1, -0.05) is 62.4 Å². The van der Waals surface area contributed by atoms with Gasteiger partial charge in [-0.2, -0.15) is 29.8 Å². The average molecular weight is 753 g/mol. The van der Waals surface area contributed by atoms with Crippen molar-refractivity contribution >= 4 is 33.1 Å². The van der Waals surface area contributed by atoms with Crippen molar-refractivity contribution in [1.82, 2.24) is 49.6 Å². The molecule has 0 radical (unpaired) electrons. The lowest BCUT2D eigenvalue weighted by atomic mass is 9.98. The van der Waals surface area contributed by atoms with E-state index >= 15 is 0 Å². The zero-order chi connectivity index (χ0) is 39.6. The number of fused-ring (bicyclic) bond motifs is 4. The molecule has 12 heteroatoms. The Morgan fingerprint density at radius 3 is 1.40 bits per heavy atom. The van der Waals surface area contributed by atoms with Crippen LogP contribution in [0.1, 0.15) is 59.6 Å². The molecule has 0 fully saturated rings. The van der Waals surface area contributed by atoms with Gasteiger partial charge < -0.3 is 0 Å². The van der Waals surface area contributed by atoms with E-state index < -0.39 is 0 Å². The normalized spacial score (nSPS) is 12.1. The highest BCUT2D eigenvalue weighted by molar-refractivity contribution is 5.80. The zero-order valence-corrected chi connectivity index (χ0v) is 31.4. The van der Waals surface area contributed by atoms with Crippen molar-refractivity contribution in [3.63, 3.8) is 0 Å². The van der Waals surface area contributed by atoms with E-state index in [-0.39, 0.29) is 11.8 Å². The summed E-state index contributed by atoms with van der Waals surface area (Å²) in [7, 11) is 0. The topological polar surface area (TPSA) is 160 Å². The minimum absolute atomic E-state index is 0.00259. The van der Waals surface area contributed by atoms with E-state index in [1.165, 1.54) is 0 Å². The third-order valence-corrected chi connectivity index (χ3v) is 10.2. The van der Waals surface area contributed by atoms with Crippen LogP contribution in [0.15, 0.2) is 146 Å². The maximum atomic E-state index is 9.17. The zero-order valence-electron chi connectivity index (χ0n) is 31.4. The molecule has 0 unspecified atom stereocenters. The summed E-state index contributed by atoms with van der Waals surface area (Å²) in [4.78, 5) is 8.77. The van der Waals surface area contributed by atoms with E-state index in [2.05, 4.69) is 92.7 Å². The van der Waals surface area contributed by atoms with Crippen LogP contribution < -0.4 is 0 Å². The molecule has 276 valence electrons. The van der Waals surface area contributed by atoms with Gasteiger partial charge in [0, 0.05) is 46.1 Å². The van der Waals surface area contributed by atoms with E-state index in [1.54, 1.807) is 33.6 Å². The molecule has 58 heavy (non-hydrogen) atoms. The van der Waals surface area contributed by atoms with Crippen LogP contribution in [0.5, 0.6) is 0 Å². The van der Waals surface area contributed by atoms with Gasteiger partial charge in [-0.3, -0.25) is 9.97 Å². The molecule has 0 N–H and O–H groups in total. The molecule has 10 rings (SSSR count). The lowest BCUT2D eigenvalue weighted by Crippen LogP contribution is -2.05. The highest BCUT2D eigenvalue weighted by Crippen LogP contribution is 2.29. The Kier molecular flexibility index (Phi) is 9.26. The summed E-state index contributed by atoms with van der Waals surface area (Å²) in [5.41, 5.74) is 10.1. The molecule has 12 nitrogen and oxygen atoms in total. The van der Waals surface area contributed by atoms with Crippen molar-refractivity contribution < 1.29 is 0 Å². The van der Waals surface area contributed by atoms with Crippen molar-refractivity contribution in [3.8, 4) is 34.7 Å². The Morgan fingerprint density at radius 1 is 0.483 bits per heavy atom. The van der Waals surface area contributed by atoms with Crippen molar-refractivity contribution in [3.05, 3.63) is 180 Å². The third-order valence-electron chi connectivity index (χ3n) is 10.2. The fraction of sp³-hybridized carbons (Fsp3) is 0.0870. The van der Waals surface area contributed by atoms with Crippen LogP contribution in [0.3, 0.4) is 0 Å². The molecule has 0 saturated carbocycles. The van der Waals surface area contributed by atoms with Gasteiger partial charge in [0.05, 0.1) is 45.7 Å². The molecule has 10 aromatic rings. The van der Waals surface area contributed by atoms with Crippen molar-refractivity contribution in [2.75, 3.05) is 0 Å². The smallest absolute Gasteiger partial charge is 0.177 e. The quantitative estimate of drug-likeness (QED) is 0.161. The summed E-state index contributed by atoms with van der Waals surface area (Å²) < 4.78 is 3.57. The molecule has 0 aliphatic heterocycles. The largest absolute Gasteiger partial charge is 0.256 e. The molecule has 0 saturated heterocycles. The second-order valence-corrected chi connectivity index (χ2v) is 13.8. The summed E-state index contributed by atoms with van der Waals surface area (Å²) in [6.07, 6.45) is 3.59. The van der Waals surface area contributed by atoms with Crippen LogP contribution in [0.2, 0.25) is 0 Å². The van der Waals surface area contributed by atoms with Gasteiger partial charge in [-0.05, 0) is 96.1 Å². The standard InChI is InChI=1S/2C23H16N6/c2*1-15(17-7-8-20-19(13-17)6-3-11-25-20)23-27-26-22-10-9-21(28-29(22)23)18-5-2-4-16(12-18)14-24/h2*2-13,15H,1H3/t2*15-/m10/s1. The predicted octanol–water partition coefficient (Wildman–Crippen LogP) is 8.73. The lowest BCUT2D eigenvalue weighted by Gasteiger charge is -2.11. The monoisotopic (exact) mass is 752 g/mol. The number of pyridine rings is 2. The van der Waals surface area contributed by atoms with Crippen LogP contribution >= 0.6 is 0 Å². The van der Waals surface area contributed by atoms with Crippen molar-refractivity contribution in [2.24, 2.45) is 0 Å². The maximum absolute atomic E-state index is 9.17. The number of hydrogen-bond acceptors (Lipinski definition) is 10. The van der Waals surface area contributed by atoms with Crippen LogP contribution in [-0.2, 0) is 0 Å². The van der Waals surface area contributed by atoms with Crippen LogP contribution in [0, 0.1) is 22.7 Å². The third kappa shape index (κ3) is 6.82. The Morgan fingerprint density at radius 2 is 0.948 bits per heavy atom. The van der Waals surface area contributed by atoms with Crippen LogP contribution in [0.25, 0.3) is 55.6 Å². The summed E-state index contributed by atoms with van der Waals surface area (Å²) >= 11 is 0. The Labute approximate surface area is 332 Å². The minimum atomic E-state index is 0.00259. The summed E-state index contributed by atoms with van der Waals surface area (Å²) in [6.45, 7) is 4.19. The fourth-order valence-corrected chi connectivity index (χ4v) is 6.98. The molecule has 0 aliphatic rings. The number of hydrogen-bond donors (Lipinski definition) is 0. The SMILES string of the molecule is C[C@@H](c1ccc2ncccc2c1)c1nnc2ccc(-c3cccc(C#N)c3)nn12.C[C@H](c1ccc2ncccc2c1)c1nnc2ccc(-c3cccc(C#N)c3)nn12. The summed E-state index contributed by atoms with van der Waals surface area (Å²) in [5.74, 6) is 1.54. The first-order valence-corrected chi connectivity index (χ1v) is 18.6.